The first-order valence-corrected chi connectivity index (χ1v) is 27.8. The van der Waals surface area contributed by atoms with E-state index in [9.17, 15) is 14.7 Å². The molecule has 6 aromatic heterocycles. The highest BCUT2D eigenvalue weighted by molar-refractivity contribution is 6.07. The number of imidazole rings is 2. The Labute approximate surface area is 491 Å². The van der Waals surface area contributed by atoms with E-state index in [0.717, 1.165) is 28.8 Å². The molecule has 0 aliphatic rings. The molecule has 0 spiro atoms. The number of aromatic nitrogens is 10. The quantitative estimate of drug-likeness (QED) is 0.0370. The van der Waals surface area contributed by atoms with Crippen molar-refractivity contribution in [3.63, 3.8) is 0 Å². The molecule has 0 aliphatic heterocycles. The number of rotatable bonds is 19. The minimum Gasteiger partial charge on any atom is -0.491 e. The van der Waals surface area contributed by atoms with Crippen molar-refractivity contribution < 1.29 is 28.9 Å². The first-order chi connectivity index (χ1) is 40.8. The second-order valence-electron chi connectivity index (χ2n) is 18.9. The summed E-state index contributed by atoms with van der Waals surface area (Å²) >= 11 is 0. The van der Waals surface area contributed by atoms with Crippen LogP contribution >= 0.6 is 0 Å². The second kappa shape index (κ2) is 35.3. The van der Waals surface area contributed by atoms with Crippen LogP contribution in [0.3, 0.4) is 0 Å². The zero-order chi connectivity index (χ0) is 60.5. The van der Waals surface area contributed by atoms with E-state index in [1.54, 1.807) is 47.5 Å². The van der Waals surface area contributed by atoms with E-state index in [4.69, 9.17) is 31.4 Å². The van der Waals surface area contributed by atoms with Crippen LogP contribution in [0.2, 0.25) is 0 Å². The molecule has 10 N–H and O–H groups in total. The molecule has 10 aromatic rings. The van der Waals surface area contributed by atoms with Crippen molar-refractivity contribution in [3.8, 4) is 17.2 Å². The molecule has 4 aromatic carbocycles. The zero-order valence-electron chi connectivity index (χ0n) is 49.0. The van der Waals surface area contributed by atoms with Gasteiger partial charge in [-0.3, -0.25) is 9.59 Å². The Balaban J connectivity index is 0.000000332. The van der Waals surface area contributed by atoms with Crippen molar-refractivity contribution in [1.82, 2.24) is 49.5 Å². The smallest absolute Gasteiger partial charge is 0.275 e. The predicted molar refractivity (Wildman–Crippen MR) is 332 cm³/mol. The summed E-state index contributed by atoms with van der Waals surface area (Å²) in [4.78, 5) is 51.7. The Kier molecular flexibility index (Phi) is 27.4. The lowest BCUT2D eigenvalue weighted by molar-refractivity contribution is 0.101. The summed E-state index contributed by atoms with van der Waals surface area (Å²) in [6.45, 7) is 16.2. The van der Waals surface area contributed by atoms with Gasteiger partial charge in [0.2, 0.25) is 0 Å². The molecule has 0 saturated heterocycles. The summed E-state index contributed by atoms with van der Waals surface area (Å²) in [6, 6.07) is 40.4. The van der Waals surface area contributed by atoms with Crippen molar-refractivity contribution in [2.75, 3.05) is 49.3 Å². The van der Waals surface area contributed by atoms with Crippen LogP contribution < -0.4 is 42.0 Å². The van der Waals surface area contributed by atoms with Gasteiger partial charge in [0.15, 0.2) is 0 Å². The van der Waals surface area contributed by atoms with Crippen LogP contribution in [0.25, 0.3) is 21.8 Å². The maximum atomic E-state index is 13.8. The number of ether oxygens (including phenoxy) is 3. The van der Waals surface area contributed by atoms with Crippen LogP contribution in [0.15, 0.2) is 171 Å². The molecule has 0 bridgehead atoms. The summed E-state index contributed by atoms with van der Waals surface area (Å²) < 4.78 is 21.5. The highest BCUT2D eigenvalue weighted by Gasteiger charge is 2.23. The molecule has 10 rings (SSSR count). The van der Waals surface area contributed by atoms with Gasteiger partial charge in [0.1, 0.15) is 71.6 Å². The second-order valence-corrected chi connectivity index (χ2v) is 18.9. The Bertz CT molecular complexity index is 3310. The number of anilines is 3. The first kappa shape index (κ1) is 65.2. The lowest BCUT2D eigenvalue weighted by Crippen LogP contribution is -2.28. The average molecular weight is 1140 g/mol. The standard InChI is InChI=1S/C37H40N10O6.C7H12N2.C7H8.C6H7N.C4H6N2.C2H6/c1-37(2,11-14-48)47-21-23(45-46-47)22-53-24-17-29(35(49)43-33-19-31(51-15-12-38)25-7-3-5-9-27(25)41-33)40-30(18-24)36(50)44-34-20-32(52-16-13-39)26-8-4-6-10-28(26)42-34;1-2-3-5-9-6-4-8-7-9;1-7-5-3-2-4-6-7;7-6-4-2-1-3-5-6;1-4-5-2-3-6-4;1-2/h3-10,17-21,48H,11-16,22,38-39H2,1-2H3,(H,41,43,49)(H,42,44,50);4,6-7H,2-3,5H2,1H3;2-6H,1H3;1-5H,7H2;2-3H,1H3,(H,5,6);1-2H3. The van der Waals surface area contributed by atoms with Gasteiger partial charge in [-0.25, -0.2) is 29.6 Å². The first-order valence-electron chi connectivity index (χ1n) is 27.8. The van der Waals surface area contributed by atoms with Crippen molar-refractivity contribution >= 4 is 50.9 Å². The maximum Gasteiger partial charge on any atom is 0.275 e. The molecular weight excluding hydrogens is 1060 g/mol. The van der Waals surface area contributed by atoms with Crippen molar-refractivity contribution in [2.24, 2.45) is 11.5 Å². The van der Waals surface area contributed by atoms with Crippen LogP contribution in [0.1, 0.15) is 91.9 Å². The Morgan fingerprint density at radius 1 is 0.714 bits per heavy atom. The van der Waals surface area contributed by atoms with E-state index in [0.29, 0.717) is 47.7 Å². The molecule has 6 heterocycles. The number of nitrogens with zero attached hydrogens (tertiary/aromatic N) is 9. The van der Waals surface area contributed by atoms with Crippen LogP contribution in [-0.4, -0.2) is 99.3 Å². The number of carbonyl (C=O) groups is 2. The van der Waals surface area contributed by atoms with Crippen LogP contribution in [-0.2, 0) is 18.7 Å². The SMILES string of the molecule is CC.CC(C)(CCO)n1cc(COc2cc(C(=O)Nc3cc(OCCN)c4ccccc4n3)nc(C(=O)Nc3cc(OCCN)c4ccccc4n3)c2)nn1.CCCCn1ccnc1.Cc1ccccc1.Cc1ncc[nH]1.Nc1ccccc1. The van der Waals surface area contributed by atoms with Crippen LogP contribution in [0.5, 0.6) is 17.2 Å². The van der Waals surface area contributed by atoms with Gasteiger partial charge in [-0.05, 0) is 76.9 Å². The van der Waals surface area contributed by atoms with E-state index in [1.165, 1.54) is 30.5 Å². The number of nitrogens with one attached hydrogen (secondary N) is 3. The number of para-hydroxylation sites is 3. The van der Waals surface area contributed by atoms with Gasteiger partial charge < -0.3 is 56.7 Å². The van der Waals surface area contributed by atoms with E-state index < -0.39 is 17.4 Å². The Hall–Kier alpha value is -9.57. The lowest BCUT2D eigenvalue weighted by atomic mass is 10.0. The Morgan fingerprint density at radius 3 is 1.69 bits per heavy atom. The zero-order valence-corrected chi connectivity index (χ0v) is 49.0. The number of carbonyl (C=O) groups excluding carboxylic acids is 2. The number of amides is 2. The number of fused-ring (bicyclic) bond motifs is 2. The minimum atomic E-state index is -0.657. The van der Waals surface area contributed by atoms with Gasteiger partial charge in [0.25, 0.3) is 11.8 Å². The molecule has 0 atom stereocenters. The number of aliphatic hydroxyl groups is 1. The molecular formula is C63H79N15O6. The largest absolute Gasteiger partial charge is 0.491 e. The fourth-order valence-electron chi connectivity index (χ4n) is 7.47. The molecule has 0 fully saturated rings. The summed E-state index contributed by atoms with van der Waals surface area (Å²) in [7, 11) is 0. The molecule has 21 heteroatoms. The fourth-order valence-corrected chi connectivity index (χ4v) is 7.47. The minimum absolute atomic E-state index is 0.0150. The topological polar surface area (TPSA) is 300 Å². The third-order valence-electron chi connectivity index (χ3n) is 11.8. The molecule has 0 saturated carbocycles. The van der Waals surface area contributed by atoms with Crippen molar-refractivity contribution in [3.05, 3.63) is 199 Å². The van der Waals surface area contributed by atoms with Gasteiger partial charge in [-0.2, -0.15) is 0 Å². The molecule has 442 valence electrons. The average Bonchev–Trinajstić information content (AvgIpc) is 4.45. The molecule has 0 radical (unpaired) electrons. The van der Waals surface area contributed by atoms with Gasteiger partial charge in [0, 0.05) is 91.8 Å². The maximum absolute atomic E-state index is 13.8. The number of H-pyrrole nitrogens is 1. The summed E-state index contributed by atoms with van der Waals surface area (Å²) in [5.41, 5.74) is 19.8. The number of aliphatic hydroxyl groups excluding tert-OH is 1. The van der Waals surface area contributed by atoms with Gasteiger partial charge in [-0.15, -0.1) is 5.10 Å². The third-order valence-corrected chi connectivity index (χ3v) is 11.8. The van der Waals surface area contributed by atoms with Crippen LogP contribution in [0, 0.1) is 13.8 Å². The lowest BCUT2D eigenvalue weighted by Gasteiger charge is -2.23. The highest BCUT2D eigenvalue weighted by atomic mass is 16.5. The number of hydrogen-bond donors (Lipinski definition) is 7. The number of pyridine rings is 3. The van der Waals surface area contributed by atoms with Crippen LogP contribution in [0.4, 0.5) is 17.3 Å². The normalized spacial score (nSPS) is 10.4. The number of unbranched alkanes of at least 4 members (excludes halogenated alkanes) is 1. The van der Waals surface area contributed by atoms with Crippen molar-refractivity contribution in [1.29, 1.82) is 0 Å². The monoisotopic (exact) mass is 1140 g/mol. The fraction of sp³-hybridized carbons (Fsp3) is 0.286. The molecule has 0 aliphatic carbocycles. The molecule has 84 heavy (non-hydrogen) atoms. The number of nitrogens with two attached hydrogens (primary N) is 3. The van der Waals surface area contributed by atoms with E-state index in [1.807, 2.05) is 138 Å². The number of aryl methyl sites for hydroxylation is 3. The predicted octanol–water partition coefficient (Wildman–Crippen LogP) is 10.3. The van der Waals surface area contributed by atoms with Gasteiger partial charge in [-0.1, -0.05) is 111 Å². The third kappa shape index (κ3) is 21.7. The summed E-state index contributed by atoms with van der Waals surface area (Å²) in [5.74, 6) is 1.21. The van der Waals surface area contributed by atoms with E-state index >= 15 is 0 Å². The summed E-state index contributed by atoms with van der Waals surface area (Å²) in [5, 5.41) is 24.9. The van der Waals surface area contributed by atoms with E-state index in [-0.39, 0.29) is 55.2 Å². The Morgan fingerprint density at radius 2 is 1.26 bits per heavy atom. The number of aromatic amines is 1. The number of benzene rings is 4. The van der Waals surface area contributed by atoms with E-state index in [2.05, 4.69) is 81.4 Å². The van der Waals surface area contributed by atoms with Gasteiger partial charge >= 0.3 is 0 Å². The molecule has 0 unspecified atom stereocenters. The molecule has 2 amide bonds. The number of nitrogen functional groups attached to an aromatic ring is 1. The highest BCUT2D eigenvalue weighted by Crippen LogP contribution is 2.30. The summed E-state index contributed by atoms with van der Waals surface area (Å²) in [6.07, 6.45) is 13.9. The van der Waals surface area contributed by atoms with Crippen molar-refractivity contribution in [2.45, 2.75) is 86.4 Å². The molecule has 21 nitrogen and oxygen atoms in total. The number of hydrogen-bond acceptors (Lipinski definition) is 16. The van der Waals surface area contributed by atoms with Gasteiger partial charge in [0.05, 0.1) is 29.1 Å².